The van der Waals surface area contributed by atoms with Crippen LogP contribution in [0.1, 0.15) is 35.5 Å². The van der Waals surface area contributed by atoms with E-state index in [-0.39, 0.29) is 0 Å². The molecule has 1 aliphatic heterocycles. The van der Waals surface area contributed by atoms with Gasteiger partial charge in [0.15, 0.2) is 0 Å². The molecular formula is C19H25N3OS. The van der Waals surface area contributed by atoms with Crippen LogP contribution < -0.4 is 5.32 Å². The van der Waals surface area contributed by atoms with E-state index in [1.165, 1.54) is 23.4 Å². The Morgan fingerprint density at radius 3 is 2.92 bits per heavy atom. The molecule has 2 heterocycles. The van der Waals surface area contributed by atoms with E-state index in [1.54, 1.807) is 11.3 Å². The highest BCUT2D eigenvalue weighted by Gasteiger charge is 2.23. The van der Waals surface area contributed by atoms with Crippen LogP contribution >= 0.6 is 11.3 Å². The highest BCUT2D eigenvalue weighted by atomic mass is 32.1. The van der Waals surface area contributed by atoms with Gasteiger partial charge < -0.3 is 10.1 Å². The van der Waals surface area contributed by atoms with Crippen molar-refractivity contribution in [2.45, 2.75) is 51.1 Å². The molecule has 128 valence electrons. The quantitative estimate of drug-likeness (QED) is 0.799. The smallest absolute Gasteiger partial charge is 0.107 e. The minimum Gasteiger partial charge on any atom is -0.371 e. The summed E-state index contributed by atoms with van der Waals surface area (Å²) in [5.41, 5.74) is 2.46. The number of ether oxygens (including phenoxy) is 1. The average Bonchev–Trinajstić information content (AvgIpc) is 3.15. The van der Waals surface area contributed by atoms with Crippen LogP contribution in [0.3, 0.4) is 0 Å². The zero-order chi connectivity index (χ0) is 16.2. The SMILES string of the molecule is c1ccc(CN2CCC(OCc3csc(CNC4CC4)n3)C2)cc1. The summed E-state index contributed by atoms with van der Waals surface area (Å²) in [6.07, 6.45) is 4.10. The van der Waals surface area contributed by atoms with Gasteiger partial charge in [-0.2, -0.15) is 0 Å². The van der Waals surface area contributed by atoms with Gasteiger partial charge in [0.05, 0.1) is 18.4 Å². The maximum atomic E-state index is 6.09. The predicted octanol–water partition coefficient (Wildman–Crippen LogP) is 3.19. The molecule has 0 amide bonds. The molecule has 1 aromatic carbocycles. The van der Waals surface area contributed by atoms with Crippen LogP contribution in [-0.4, -0.2) is 35.1 Å². The molecule has 24 heavy (non-hydrogen) atoms. The maximum absolute atomic E-state index is 6.09. The molecule has 2 aromatic rings. The Kier molecular flexibility index (Phi) is 5.23. The number of rotatable bonds is 8. The second-order valence-electron chi connectivity index (χ2n) is 6.83. The molecule has 1 N–H and O–H groups in total. The Labute approximate surface area is 147 Å². The van der Waals surface area contributed by atoms with E-state index in [0.29, 0.717) is 12.7 Å². The topological polar surface area (TPSA) is 37.4 Å². The first-order valence-electron chi connectivity index (χ1n) is 8.90. The highest BCUT2D eigenvalue weighted by Crippen LogP contribution is 2.21. The normalized spacial score (nSPS) is 21.4. The van der Waals surface area contributed by atoms with Gasteiger partial charge in [-0.25, -0.2) is 4.98 Å². The van der Waals surface area contributed by atoms with Crippen molar-refractivity contribution in [2.75, 3.05) is 13.1 Å². The van der Waals surface area contributed by atoms with Crippen molar-refractivity contribution in [3.05, 3.63) is 52.0 Å². The molecule has 5 heteroatoms. The summed E-state index contributed by atoms with van der Waals surface area (Å²) in [5, 5.41) is 6.83. The lowest BCUT2D eigenvalue weighted by Crippen LogP contribution is -2.23. The Balaban J connectivity index is 1.19. The van der Waals surface area contributed by atoms with E-state index >= 15 is 0 Å². The Morgan fingerprint density at radius 2 is 2.08 bits per heavy atom. The average molecular weight is 343 g/mol. The second-order valence-corrected chi connectivity index (χ2v) is 7.77. The van der Waals surface area contributed by atoms with Crippen molar-refractivity contribution < 1.29 is 4.74 Å². The molecule has 1 atom stereocenters. The molecule has 1 aliphatic carbocycles. The van der Waals surface area contributed by atoms with E-state index < -0.39 is 0 Å². The molecular weight excluding hydrogens is 318 g/mol. The van der Waals surface area contributed by atoms with Crippen molar-refractivity contribution in [1.82, 2.24) is 15.2 Å². The molecule has 2 aliphatic rings. The van der Waals surface area contributed by atoms with Crippen LogP contribution in [0, 0.1) is 0 Å². The number of hydrogen-bond acceptors (Lipinski definition) is 5. The van der Waals surface area contributed by atoms with Crippen molar-refractivity contribution in [3.63, 3.8) is 0 Å². The number of thiazole rings is 1. The minimum atomic E-state index is 0.337. The van der Waals surface area contributed by atoms with E-state index in [9.17, 15) is 0 Å². The first kappa shape index (κ1) is 16.2. The van der Waals surface area contributed by atoms with Gasteiger partial charge in [0, 0.05) is 37.6 Å². The van der Waals surface area contributed by atoms with Crippen molar-refractivity contribution in [2.24, 2.45) is 0 Å². The van der Waals surface area contributed by atoms with E-state index in [0.717, 1.165) is 44.3 Å². The van der Waals surface area contributed by atoms with Gasteiger partial charge in [-0.15, -0.1) is 11.3 Å². The molecule has 1 aromatic heterocycles. The molecule has 1 saturated heterocycles. The second kappa shape index (κ2) is 7.74. The van der Waals surface area contributed by atoms with Gasteiger partial charge in [0.2, 0.25) is 0 Å². The maximum Gasteiger partial charge on any atom is 0.107 e. The standard InChI is InChI=1S/C19H25N3OS/c1-2-4-15(5-3-1)11-22-9-8-18(12-22)23-13-17-14-24-19(21-17)10-20-16-6-7-16/h1-5,14,16,18,20H,6-13H2. The lowest BCUT2D eigenvalue weighted by atomic mass is 10.2. The zero-order valence-electron chi connectivity index (χ0n) is 14.0. The Hall–Kier alpha value is -1.27. The molecule has 4 rings (SSSR count). The van der Waals surface area contributed by atoms with Crippen LogP contribution in [0.5, 0.6) is 0 Å². The van der Waals surface area contributed by atoms with E-state index in [2.05, 4.69) is 50.9 Å². The van der Waals surface area contributed by atoms with Gasteiger partial charge in [-0.05, 0) is 24.8 Å². The van der Waals surface area contributed by atoms with Gasteiger partial charge >= 0.3 is 0 Å². The zero-order valence-corrected chi connectivity index (χ0v) is 14.8. The molecule has 4 nitrogen and oxygen atoms in total. The van der Waals surface area contributed by atoms with Crippen LogP contribution in [0.15, 0.2) is 35.7 Å². The van der Waals surface area contributed by atoms with Gasteiger partial charge in [0.25, 0.3) is 0 Å². The molecule has 2 fully saturated rings. The van der Waals surface area contributed by atoms with Gasteiger partial charge in [0.1, 0.15) is 5.01 Å². The monoisotopic (exact) mass is 343 g/mol. The third kappa shape index (κ3) is 4.63. The molecule has 0 bridgehead atoms. The number of nitrogens with zero attached hydrogens (tertiary/aromatic N) is 2. The van der Waals surface area contributed by atoms with Crippen LogP contribution in [0.25, 0.3) is 0 Å². The summed E-state index contributed by atoms with van der Waals surface area (Å²) in [7, 11) is 0. The first-order valence-corrected chi connectivity index (χ1v) is 9.77. The number of hydrogen-bond donors (Lipinski definition) is 1. The summed E-state index contributed by atoms with van der Waals surface area (Å²) in [4.78, 5) is 7.15. The fourth-order valence-corrected chi connectivity index (χ4v) is 3.87. The number of benzene rings is 1. The third-order valence-electron chi connectivity index (χ3n) is 4.66. The molecule has 0 spiro atoms. The van der Waals surface area contributed by atoms with E-state index in [1.807, 2.05) is 0 Å². The summed E-state index contributed by atoms with van der Waals surface area (Å²) >= 11 is 1.74. The van der Waals surface area contributed by atoms with Gasteiger partial charge in [-0.3, -0.25) is 4.90 Å². The number of nitrogens with one attached hydrogen (secondary N) is 1. The molecule has 1 unspecified atom stereocenters. The fourth-order valence-electron chi connectivity index (χ4n) is 3.14. The van der Waals surface area contributed by atoms with Crippen molar-refractivity contribution in [1.29, 1.82) is 0 Å². The largest absolute Gasteiger partial charge is 0.371 e. The lowest BCUT2D eigenvalue weighted by molar-refractivity contribution is 0.0445. The summed E-state index contributed by atoms with van der Waals surface area (Å²) < 4.78 is 6.09. The molecule has 1 saturated carbocycles. The third-order valence-corrected chi connectivity index (χ3v) is 5.56. The summed E-state index contributed by atoms with van der Waals surface area (Å²) in [6.45, 7) is 4.71. The summed E-state index contributed by atoms with van der Waals surface area (Å²) in [5.74, 6) is 0. The predicted molar refractivity (Wildman–Crippen MR) is 96.9 cm³/mol. The van der Waals surface area contributed by atoms with Crippen LogP contribution in [0.4, 0.5) is 0 Å². The van der Waals surface area contributed by atoms with Crippen molar-refractivity contribution >= 4 is 11.3 Å². The highest BCUT2D eigenvalue weighted by molar-refractivity contribution is 7.09. The van der Waals surface area contributed by atoms with Crippen molar-refractivity contribution in [3.8, 4) is 0 Å². The Bertz CT molecular complexity index is 641. The summed E-state index contributed by atoms with van der Waals surface area (Å²) in [6, 6.07) is 11.4. The van der Waals surface area contributed by atoms with E-state index in [4.69, 9.17) is 4.74 Å². The van der Waals surface area contributed by atoms with Gasteiger partial charge in [-0.1, -0.05) is 30.3 Å². The van der Waals surface area contributed by atoms with Crippen LogP contribution in [0.2, 0.25) is 0 Å². The number of likely N-dealkylation sites (tertiary alicyclic amines) is 1. The lowest BCUT2D eigenvalue weighted by Gasteiger charge is -2.16. The fraction of sp³-hybridized carbons (Fsp3) is 0.526. The minimum absolute atomic E-state index is 0.337. The Morgan fingerprint density at radius 1 is 1.21 bits per heavy atom. The number of aromatic nitrogens is 1. The first-order chi connectivity index (χ1) is 11.8. The molecule has 0 radical (unpaired) electrons. The van der Waals surface area contributed by atoms with Crippen LogP contribution in [-0.2, 0) is 24.4 Å².